The van der Waals surface area contributed by atoms with E-state index in [0.29, 0.717) is 12.5 Å². The monoisotopic (exact) mass is 373 g/mol. The zero-order valence-corrected chi connectivity index (χ0v) is 16.6. The second-order valence-corrected chi connectivity index (χ2v) is 7.98. The highest BCUT2D eigenvalue weighted by atomic mass is 32.1. The van der Waals surface area contributed by atoms with E-state index in [4.69, 9.17) is 9.72 Å². The number of carbonyl (C=O) groups excluding carboxylic acids is 1. The number of nitrogens with one attached hydrogen (secondary N) is 1. The smallest absolute Gasteiger partial charge is 0.317 e. The van der Waals surface area contributed by atoms with Gasteiger partial charge in [-0.05, 0) is 44.7 Å². The molecule has 0 aliphatic carbocycles. The van der Waals surface area contributed by atoms with Crippen molar-refractivity contribution in [1.29, 1.82) is 0 Å². The largest absolute Gasteiger partial charge is 0.496 e. The number of methoxy groups -OCH3 is 1. The van der Waals surface area contributed by atoms with Crippen LogP contribution in [0, 0.1) is 13.8 Å². The maximum absolute atomic E-state index is 12.4. The summed E-state index contributed by atoms with van der Waals surface area (Å²) in [5.41, 5.74) is 2.25. The first-order valence-corrected chi connectivity index (χ1v) is 9.98. The molecular weight excluding hydrogens is 346 g/mol. The third-order valence-corrected chi connectivity index (χ3v) is 6.27. The quantitative estimate of drug-likeness (QED) is 0.865. The van der Waals surface area contributed by atoms with Crippen molar-refractivity contribution in [3.63, 3.8) is 0 Å². The minimum absolute atomic E-state index is 0.0323. The van der Waals surface area contributed by atoms with Crippen molar-refractivity contribution < 1.29 is 9.53 Å². The number of nitrogens with zero attached hydrogens (tertiary/aromatic N) is 2. The van der Waals surface area contributed by atoms with Crippen molar-refractivity contribution in [3.05, 3.63) is 45.4 Å². The number of hydrogen-bond acceptors (Lipinski definition) is 4. The molecular formula is C20H27N3O2S. The van der Waals surface area contributed by atoms with E-state index in [0.717, 1.165) is 49.4 Å². The molecule has 26 heavy (non-hydrogen) atoms. The van der Waals surface area contributed by atoms with E-state index in [1.165, 1.54) is 9.88 Å². The number of rotatable bonds is 5. The third kappa shape index (κ3) is 4.36. The molecule has 0 radical (unpaired) electrons. The van der Waals surface area contributed by atoms with Gasteiger partial charge < -0.3 is 15.0 Å². The zero-order valence-electron chi connectivity index (χ0n) is 15.7. The van der Waals surface area contributed by atoms with Crippen molar-refractivity contribution in [2.24, 2.45) is 0 Å². The Balaban J connectivity index is 1.45. The van der Waals surface area contributed by atoms with Crippen LogP contribution in [0.15, 0.2) is 24.3 Å². The first-order chi connectivity index (χ1) is 12.6. The number of thiazole rings is 1. The number of ether oxygens (including phenoxy) is 1. The first kappa shape index (κ1) is 18.7. The lowest BCUT2D eigenvalue weighted by Crippen LogP contribution is -2.44. The number of hydrogen-bond donors (Lipinski definition) is 1. The molecule has 1 aromatic carbocycles. The molecule has 0 unspecified atom stereocenters. The second-order valence-electron chi connectivity index (χ2n) is 6.75. The van der Waals surface area contributed by atoms with Crippen LogP contribution in [0.2, 0.25) is 0 Å². The van der Waals surface area contributed by atoms with Gasteiger partial charge in [0, 0.05) is 30.4 Å². The van der Waals surface area contributed by atoms with Crippen LogP contribution < -0.4 is 10.1 Å². The molecule has 0 atom stereocenters. The number of para-hydroxylation sites is 1. The Morgan fingerprint density at radius 2 is 2.04 bits per heavy atom. The summed E-state index contributed by atoms with van der Waals surface area (Å²) in [5, 5.41) is 4.27. The van der Waals surface area contributed by atoms with E-state index in [1.807, 2.05) is 29.2 Å². The summed E-state index contributed by atoms with van der Waals surface area (Å²) in [5.74, 6) is 1.36. The van der Waals surface area contributed by atoms with E-state index in [9.17, 15) is 4.79 Å². The number of amides is 2. The van der Waals surface area contributed by atoms with Crippen LogP contribution in [-0.2, 0) is 6.42 Å². The van der Waals surface area contributed by atoms with Crippen molar-refractivity contribution in [2.75, 3.05) is 26.7 Å². The van der Waals surface area contributed by atoms with Crippen LogP contribution in [0.4, 0.5) is 4.79 Å². The molecule has 0 saturated carbocycles. The fourth-order valence-corrected chi connectivity index (χ4v) is 4.42. The molecule has 1 aliphatic heterocycles. The molecule has 1 aromatic heterocycles. The van der Waals surface area contributed by atoms with E-state index < -0.39 is 0 Å². The third-order valence-electron chi connectivity index (χ3n) is 5.04. The molecule has 140 valence electrons. The van der Waals surface area contributed by atoms with Crippen LogP contribution in [0.1, 0.15) is 39.9 Å². The van der Waals surface area contributed by atoms with Crippen molar-refractivity contribution in [2.45, 2.75) is 39.0 Å². The lowest BCUT2D eigenvalue weighted by molar-refractivity contribution is 0.181. The highest BCUT2D eigenvalue weighted by Crippen LogP contribution is 2.32. The van der Waals surface area contributed by atoms with Gasteiger partial charge in [-0.25, -0.2) is 9.78 Å². The lowest BCUT2D eigenvalue weighted by atomic mass is 9.98. The van der Waals surface area contributed by atoms with Gasteiger partial charge in [-0.3, -0.25) is 0 Å². The molecule has 1 fully saturated rings. The number of piperidine rings is 1. The molecule has 2 amide bonds. The van der Waals surface area contributed by atoms with Crippen LogP contribution >= 0.6 is 11.3 Å². The van der Waals surface area contributed by atoms with E-state index >= 15 is 0 Å². The average molecular weight is 374 g/mol. The van der Waals surface area contributed by atoms with Crippen molar-refractivity contribution in [1.82, 2.24) is 15.2 Å². The molecule has 0 spiro atoms. The predicted molar refractivity (Wildman–Crippen MR) is 105 cm³/mol. The topological polar surface area (TPSA) is 54.5 Å². The fraction of sp³-hybridized carbons (Fsp3) is 0.500. The van der Waals surface area contributed by atoms with E-state index in [-0.39, 0.29) is 6.03 Å². The minimum atomic E-state index is 0.0323. The average Bonchev–Trinajstić information content (AvgIpc) is 3.01. The molecule has 1 N–H and O–H groups in total. The standard InChI is InChI=1S/C20H27N3O2S/c1-14-15(2)26-19(22-14)17-9-12-23(13-10-17)20(24)21-11-8-16-6-4-5-7-18(16)25-3/h4-7,17H,8-13H2,1-3H3,(H,21,24). The maximum Gasteiger partial charge on any atom is 0.317 e. The van der Waals surface area contributed by atoms with Gasteiger partial charge in [0.15, 0.2) is 0 Å². The molecule has 1 saturated heterocycles. The van der Waals surface area contributed by atoms with Gasteiger partial charge in [-0.15, -0.1) is 11.3 Å². The van der Waals surface area contributed by atoms with Crippen LogP contribution in [-0.4, -0.2) is 42.7 Å². The number of benzene rings is 1. The summed E-state index contributed by atoms with van der Waals surface area (Å²) >= 11 is 1.80. The highest BCUT2D eigenvalue weighted by Gasteiger charge is 2.25. The lowest BCUT2D eigenvalue weighted by Gasteiger charge is -2.31. The Morgan fingerprint density at radius 1 is 1.31 bits per heavy atom. The molecule has 5 nitrogen and oxygen atoms in total. The van der Waals surface area contributed by atoms with Crippen LogP contribution in [0.25, 0.3) is 0 Å². The Bertz CT molecular complexity index is 732. The zero-order chi connectivity index (χ0) is 18.5. The summed E-state index contributed by atoms with van der Waals surface area (Å²) in [4.78, 5) is 20.3. The van der Waals surface area contributed by atoms with Gasteiger partial charge in [0.25, 0.3) is 0 Å². The Morgan fingerprint density at radius 3 is 2.69 bits per heavy atom. The summed E-state index contributed by atoms with van der Waals surface area (Å²) < 4.78 is 5.36. The predicted octanol–water partition coefficient (Wildman–Crippen LogP) is 3.90. The molecule has 2 heterocycles. The minimum Gasteiger partial charge on any atom is -0.496 e. The van der Waals surface area contributed by atoms with Crippen molar-refractivity contribution in [3.8, 4) is 5.75 Å². The molecule has 3 rings (SSSR count). The molecule has 2 aromatic rings. The number of likely N-dealkylation sites (tertiary alicyclic amines) is 1. The number of aryl methyl sites for hydroxylation is 2. The Hall–Kier alpha value is -2.08. The number of carbonyl (C=O) groups is 1. The summed E-state index contributed by atoms with van der Waals surface area (Å²) in [6.07, 6.45) is 2.75. The van der Waals surface area contributed by atoms with E-state index in [1.54, 1.807) is 18.4 Å². The van der Waals surface area contributed by atoms with Gasteiger partial charge in [0.05, 0.1) is 17.8 Å². The number of urea groups is 1. The fourth-order valence-electron chi connectivity index (χ4n) is 3.33. The normalized spacial score (nSPS) is 15.1. The van der Waals surface area contributed by atoms with Gasteiger partial charge in [-0.1, -0.05) is 18.2 Å². The highest BCUT2D eigenvalue weighted by molar-refractivity contribution is 7.11. The molecule has 1 aliphatic rings. The summed E-state index contributed by atoms with van der Waals surface area (Å²) in [7, 11) is 1.67. The maximum atomic E-state index is 12.4. The molecule has 6 heteroatoms. The summed E-state index contributed by atoms with van der Waals surface area (Å²) in [6, 6.07) is 7.96. The Kier molecular flexibility index (Phi) is 6.14. The van der Waals surface area contributed by atoms with E-state index in [2.05, 4.69) is 19.2 Å². The number of aromatic nitrogens is 1. The Labute approximate surface area is 159 Å². The van der Waals surface area contributed by atoms with Gasteiger partial charge in [0.2, 0.25) is 0 Å². The first-order valence-electron chi connectivity index (χ1n) is 9.17. The van der Waals surface area contributed by atoms with Gasteiger partial charge >= 0.3 is 6.03 Å². The van der Waals surface area contributed by atoms with Crippen molar-refractivity contribution >= 4 is 17.4 Å². The summed E-state index contributed by atoms with van der Waals surface area (Å²) in [6.45, 7) is 6.40. The molecule has 0 bridgehead atoms. The van der Waals surface area contributed by atoms with Gasteiger partial charge in [0.1, 0.15) is 5.75 Å². The van der Waals surface area contributed by atoms with Crippen LogP contribution in [0.3, 0.4) is 0 Å². The SMILES string of the molecule is COc1ccccc1CCNC(=O)N1CCC(c2nc(C)c(C)s2)CC1. The second kappa shape index (κ2) is 8.54. The van der Waals surface area contributed by atoms with Gasteiger partial charge in [-0.2, -0.15) is 0 Å². The van der Waals surface area contributed by atoms with Crippen LogP contribution in [0.5, 0.6) is 5.75 Å².